The highest BCUT2D eigenvalue weighted by Crippen LogP contribution is 2.22. The lowest BCUT2D eigenvalue weighted by molar-refractivity contribution is 1.02. The molecule has 2 rings (SSSR count). The Morgan fingerprint density at radius 2 is 2.29 bits per heavy atom. The molecule has 1 aromatic heterocycles. The van der Waals surface area contributed by atoms with Crippen molar-refractivity contribution in [2.75, 3.05) is 11.9 Å². The summed E-state index contributed by atoms with van der Waals surface area (Å²) < 4.78 is 1.15. The van der Waals surface area contributed by atoms with Gasteiger partial charge in [-0.05, 0) is 47.7 Å². The van der Waals surface area contributed by atoms with E-state index < -0.39 is 0 Å². The second-order valence-electron chi connectivity index (χ2n) is 3.66. The first-order chi connectivity index (χ1) is 8.16. The summed E-state index contributed by atoms with van der Waals surface area (Å²) in [6, 6.07) is 5.88. The van der Waals surface area contributed by atoms with Gasteiger partial charge in [-0.1, -0.05) is 11.6 Å². The molecule has 5 heteroatoms. The van der Waals surface area contributed by atoms with Crippen LogP contribution in [-0.2, 0) is 6.42 Å². The number of hydrogen-bond acceptors (Lipinski definition) is 3. The molecule has 90 valence electrons. The SMILES string of the molecule is Cc1ncsc1CCNc1ccc(Cl)cc1I. The molecule has 0 saturated heterocycles. The molecule has 0 unspecified atom stereocenters. The average Bonchev–Trinajstić information content (AvgIpc) is 2.68. The lowest BCUT2D eigenvalue weighted by Gasteiger charge is -2.08. The van der Waals surface area contributed by atoms with Gasteiger partial charge in [0.25, 0.3) is 0 Å². The van der Waals surface area contributed by atoms with Crippen LogP contribution in [0.25, 0.3) is 0 Å². The highest BCUT2D eigenvalue weighted by atomic mass is 127. The first-order valence-electron chi connectivity index (χ1n) is 5.24. The van der Waals surface area contributed by atoms with E-state index >= 15 is 0 Å². The Bertz CT molecular complexity index is 513. The fourth-order valence-electron chi connectivity index (χ4n) is 1.51. The highest BCUT2D eigenvalue weighted by molar-refractivity contribution is 14.1. The number of anilines is 1. The number of nitrogens with one attached hydrogen (secondary N) is 1. The Morgan fingerprint density at radius 1 is 1.47 bits per heavy atom. The minimum atomic E-state index is 0.776. The van der Waals surface area contributed by atoms with Crippen molar-refractivity contribution in [3.05, 3.63) is 42.9 Å². The molecule has 1 aromatic carbocycles. The summed E-state index contributed by atoms with van der Waals surface area (Å²) in [4.78, 5) is 5.59. The number of aromatic nitrogens is 1. The van der Waals surface area contributed by atoms with Gasteiger partial charge in [-0.2, -0.15) is 0 Å². The van der Waals surface area contributed by atoms with Gasteiger partial charge in [-0.25, -0.2) is 4.98 Å². The summed E-state index contributed by atoms with van der Waals surface area (Å²) in [6.07, 6.45) is 1.01. The van der Waals surface area contributed by atoms with E-state index in [0.29, 0.717) is 0 Å². The van der Waals surface area contributed by atoms with E-state index in [1.807, 2.05) is 23.7 Å². The molecular weight excluding hydrogens is 367 g/mol. The molecule has 0 radical (unpaired) electrons. The standard InChI is InChI=1S/C12H12ClIN2S/c1-8-12(17-7-16-8)4-5-15-11-3-2-9(13)6-10(11)14/h2-3,6-7,15H,4-5H2,1H3. The number of aryl methyl sites for hydroxylation is 1. The van der Waals surface area contributed by atoms with Crippen molar-refractivity contribution in [3.8, 4) is 0 Å². The van der Waals surface area contributed by atoms with Crippen LogP contribution in [0.1, 0.15) is 10.6 Å². The molecule has 2 aromatic rings. The topological polar surface area (TPSA) is 24.9 Å². The second kappa shape index (κ2) is 6.02. The van der Waals surface area contributed by atoms with E-state index in [0.717, 1.165) is 32.9 Å². The first-order valence-corrected chi connectivity index (χ1v) is 7.58. The third kappa shape index (κ3) is 3.56. The predicted molar refractivity (Wildman–Crippen MR) is 83.2 cm³/mol. The zero-order valence-corrected chi connectivity index (χ0v) is 13.1. The number of rotatable bonds is 4. The quantitative estimate of drug-likeness (QED) is 0.799. The Balaban J connectivity index is 1.92. The van der Waals surface area contributed by atoms with E-state index in [4.69, 9.17) is 11.6 Å². The van der Waals surface area contributed by atoms with Crippen LogP contribution >= 0.6 is 45.5 Å². The second-order valence-corrected chi connectivity index (χ2v) is 6.20. The monoisotopic (exact) mass is 378 g/mol. The summed E-state index contributed by atoms with van der Waals surface area (Å²) in [5.74, 6) is 0. The van der Waals surface area contributed by atoms with Crippen LogP contribution in [0, 0.1) is 10.5 Å². The van der Waals surface area contributed by atoms with Gasteiger partial charge in [0.1, 0.15) is 0 Å². The van der Waals surface area contributed by atoms with Gasteiger partial charge in [0.05, 0.1) is 11.2 Å². The highest BCUT2D eigenvalue weighted by Gasteiger charge is 2.03. The maximum absolute atomic E-state index is 5.91. The van der Waals surface area contributed by atoms with Gasteiger partial charge in [0.15, 0.2) is 0 Å². The van der Waals surface area contributed by atoms with Gasteiger partial charge in [0, 0.05) is 32.1 Å². The summed E-state index contributed by atoms with van der Waals surface area (Å²) in [5, 5.41) is 4.19. The van der Waals surface area contributed by atoms with E-state index in [2.05, 4.69) is 39.8 Å². The summed E-state index contributed by atoms with van der Waals surface area (Å²) in [5.41, 5.74) is 4.18. The summed E-state index contributed by atoms with van der Waals surface area (Å²) in [7, 11) is 0. The number of hydrogen-bond donors (Lipinski definition) is 1. The maximum Gasteiger partial charge on any atom is 0.0797 e. The maximum atomic E-state index is 5.91. The molecule has 0 saturated carbocycles. The Labute approximate surface area is 124 Å². The lowest BCUT2D eigenvalue weighted by atomic mass is 10.3. The third-order valence-corrected chi connectivity index (χ3v) is 4.57. The van der Waals surface area contributed by atoms with Crippen molar-refractivity contribution in [2.45, 2.75) is 13.3 Å². The van der Waals surface area contributed by atoms with E-state index in [1.165, 1.54) is 4.88 Å². The molecule has 0 amide bonds. The number of thiazole rings is 1. The van der Waals surface area contributed by atoms with Crippen LogP contribution < -0.4 is 5.32 Å². The van der Waals surface area contributed by atoms with Crippen LogP contribution in [0.2, 0.25) is 5.02 Å². The number of nitrogens with zero attached hydrogens (tertiary/aromatic N) is 1. The number of halogens is 2. The molecule has 0 spiro atoms. The van der Waals surface area contributed by atoms with Crippen LogP contribution in [0.4, 0.5) is 5.69 Å². The number of benzene rings is 1. The zero-order valence-electron chi connectivity index (χ0n) is 9.34. The fourth-order valence-corrected chi connectivity index (χ4v) is 3.35. The van der Waals surface area contributed by atoms with Crippen LogP contribution in [0.5, 0.6) is 0 Å². The van der Waals surface area contributed by atoms with Crippen molar-refractivity contribution in [3.63, 3.8) is 0 Å². The summed E-state index contributed by atoms with van der Waals surface area (Å²) >= 11 is 9.92. The van der Waals surface area contributed by atoms with Crippen molar-refractivity contribution in [2.24, 2.45) is 0 Å². The molecule has 0 aliphatic carbocycles. The summed E-state index contributed by atoms with van der Waals surface area (Å²) in [6.45, 7) is 2.97. The van der Waals surface area contributed by atoms with E-state index in [-0.39, 0.29) is 0 Å². The smallest absolute Gasteiger partial charge is 0.0797 e. The first kappa shape index (κ1) is 13.1. The average molecular weight is 379 g/mol. The molecule has 17 heavy (non-hydrogen) atoms. The van der Waals surface area contributed by atoms with Gasteiger partial charge in [0.2, 0.25) is 0 Å². The normalized spacial score (nSPS) is 10.5. The largest absolute Gasteiger partial charge is 0.384 e. The van der Waals surface area contributed by atoms with Crippen molar-refractivity contribution >= 4 is 51.2 Å². The van der Waals surface area contributed by atoms with Crippen molar-refractivity contribution in [1.82, 2.24) is 4.98 Å². The molecule has 2 nitrogen and oxygen atoms in total. The minimum absolute atomic E-state index is 0.776. The van der Waals surface area contributed by atoms with Crippen LogP contribution in [0.3, 0.4) is 0 Å². The minimum Gasteiger partial charge on any atom is -0.384 e. The molecule has 0 atom stereocenters. The zero-order chi connectivity index (χ0) is 12.3. The van der Waals surface area contributed by atoms with E-state index in [1.54, 1.807) is 11.3 Å². The Hall–Kier alpha value is -0.330. The molecule has 1 heterocycles. The van der Waals surface area contributed by atoms with Crippen molar-refractivity contribution in [1.29, 1.82) is 0 Å². The Kier molecular flexibility index (Phi) is 4.64. The van der Waals surface area contributed by atoms with E-state index in [9.17, 15) is 0 Å². The van der Waals surface area contributed by atoms with Gasteiger partial charge < -0.3 is 5.32 Å². The molecule has 0 aliphatic heterocycles. The van der Waals surface area contributed by atoms with Crippen LogP contribution in [-0.4, -0.2) is 11.5 Å². The molecule has 0 bridgehead atoms. The third-order valence-electron chi connectivity index (χ3n) is 2.44. The lowest BCUT2D eigenvalue weighted by Crippen LogP contribution is -2.05. The molecule has 0 aliphatic rings. The van der Waals surface area contributed by atoms with Crippen molar-refractivity contribution < 1.29 is 0 Å². The van der Waals surface area contributed by atoms with Crippen LogP contribution in [0.15, 0.2) is 23.7 Å². The molecular formula is C12H12ClIN2S. The molecule has 1 N–H and O–H groups in total. The Morgan fingerprint density at radius 3 is 2.94 bits per heavy atom. The van der Waals surface area contributed by atoms with Gasteiger partial charge >= 0.3 is 0 Å². The van der Waals surface area contributed by atoms with Gasteiger partial charge in [-0.15, -0.1) is 11.3 Å². The molecule has 0 fully saturated rings. The predicted octanol–water partition coefficient (Wildman–Crippen LogP) is 4.36. The fraction of sp³-hybridized carbons (Fsp3) is 0.250. The van der Waals surface area contributed by atoms with Gasteiger partial charge in [-0.3, -0.25) is 0 Å².